The number of pyridine rings is 1. The zero-order valence-corrected chi connectivity index (χ0v) is 10.1. The topological polar surface area (TPSA) is 24.9 Å². The fourth-order valence-corrected chi connectivity index (χ4v) is 1.45. The van der Waals surface area contributed by atoms with Crippen molar-refractivity contribution in [2.75, 3.05) is 11.9 Å². The second kappa shape index (κ2) is 5.81. The molecule has 1 aromatic rings. The fraction of sp³-hybridized carbons (Fsp3) is 0.364. The Balaban J connectivity index is 2.35. The molecule has 0 unspecified atom stereocenters. The van der Waals surface area contributed by atoms with Gasteiger partial charge in [-0.1, -0.05) is 11.6 Å². The average Bonchev–Trinajstić information content (AvgIpc) is 2.12. The third kappa shape index (κ3) is 4.42. The number of nitrogens with zero attached hydrogens (tertiary/aromatic N) is 1. The van der Waals surface area contributed by atoms with E-state index in [1.54, 1.807) is 6.20 Å². The number of halogens is 1. The Kier molecular flexibility index (Phi) is 4.66. The largest absolute Gasteiger partial charge is 0.383 e. The highest BCUT2D eigenvalue weighted by atomic mass is 79.9. The van der Waals surface area contributed by atoms with Crippen molar-refractivity contribution in [3.63, 3.8) is 0 Å². The molecule has 0 fully saturated rings. The molecule has 0 aliphatic carbocycles. The van der Waals surface area contributed by atoms with Crippen LogP contribution in [0.2, 0.25) is 0 Å². The molecule has 0 radical (unpaired) electrons. The highest BCUT2D eigenvalue weighted by Crippen LogP contribution is 2.13. The molecule has 0 amide bonds. The molecule has 0 bridgehead atoms. The highest BCUT2D eigenvalue weighted by molar-refractivity contribution is 9.10. The van der Waals surface area contributed by atoms with Crippen molar-refractivity contribution < 1.29 is 0 Å². The van der Waals surface area contributed by atoms with E-state index >= 15 is 0 Å². The third-order valence-electron chi connectivity index (χ3n) is 1.73. The maximum absolute atomic E-state index is 4.07. The lowest BCUT2D eigenvalue weighted by molar-refractivity contribution is 1.04. The molecule has 1 N–H and O–H groups in total. The van der Waals surface area contributed by atoms with Gasteiger partial charge in [0.25, 0.3) is 0 Å². The summed E-state index contributed by atoms with van der Waals surface area (Å²) in [6.45, 7) is 5.17. The van der Waals surface area contributed by atoms with Gasteiger partial charge in [-0.25, -0.2) is 0 Å². The molecule has 2 nitrogen and oxygen atoms in total. The van der Waals surface area contributed by atoms with E-state index in [0.717, 1.165) is 23.1 Å². The van der Waals surface area contributed by atoms with Crippen LogP contribution in [0.15, 0.2) is 34.6 Å². The molecule has 1 heterocycles. The second-order valence-corrected chi connectivity index (χ2v) is 4.30. The van der Waals surface area contributed by atoms with Gasteiger partial charge in [0.15, 0.2) is 0 Å². The van der Waals surface area contributed by atoms with Crippen molar-refractivity contribution in [2.45, 2.75) is 20.3 Å². The summed E-state index contributed by atoms with van der Waals surface area (Å²) in [6.07, 6.45) is 6.88. The molecule has 76 valence electrons. The first-order chi connectivity index (χ1) is 6.68. The van der Waals surface area contributed by atoms with Crippen molar-refractivity contribution in [3.05, 3.63) is 34.6 Å². The van der Waals surface area contributed by atoms with Gasteiger partial charge in [-0.3, -0.25) is 4.98 Å². The van der Waals surface area contributed by atoms with Crippen LogP contribution in [0.3, 0.4) is 0 Å². The van der Waals surface area contributed by atoms with Crippen molar-refractivity contribution in [2.24, 2.45) is 0 Å². The first-order valence-corrected chi connectivity index (χ1v) is 5.45. The zero-order chi connectivity index (χ0) is 10.4. The predicted molar refractivity (Wildman–Crippen MR) is 64.5 cm³/mol. The van der Waals surface area contributed by atoms with Crippen molar-refractivity contribution in [1.29, 1.82) is 0 Å². The van der Waals surface area contributed by atoms with Crippen LogP contribution in [0.25, 0.3) is 0 Å². The Morgan fingerprint density at radius 2 is 2.29 bits per heavy atom. The first kappa shape index (κ1) is 11.2. The Morgan fingerprint density at radius 3 is 2.93 bits per heavy atom. The number of hydrogen-bond donors (Lipinski definition) is 1. The van der Waals surface area contributed by atoms with Crippen LogP contribution in [0.1, 0.15) is 20.3 Å². The summed E-state index contributed by atoms with van der Waals surface area (Å²) in [7, 11) is 0. The van der Waals surface area contributed by atoms with Crippen LogP contribution >= 0.6 is 15.9 Å². The molecule has 3 heteroatoms. The Labute approximate surface area is 93.6 Å². The van der Waals surface area contributed by atoms with E-state index in [1.807, 2.05) is 12.3 Å². The summed E-state index contributed by atoms with van der Waals surface area (Å²) in [6, 6.07) is 2.02. The Morgan fingerprint density at radius 1 is 1.50 bits per heavy atom. The maximum Gasteiger partial charge on any atom is 0.0538 e. The second-order valence-electron chi connectivity index (χ2n) is 3.39. The molecule has 0 aliphatic rings. The van der Waals surface area contributed by atoms with Gasteiger partial charge >= 0.3 is 0 Å². The van der Waals surface area contributed by atoms with Gasteiger partial charge in [-0.05, 0) is 42.3 Å². The summed E-state index contributed by atoms with van der Waals surface area (Å²) < 4.78 is 1.00. The first-order valence-electron chi connectivity index (χ1n) is 4.66. The van der Waals surface area contributed by atoms with E-state index in [2.05, 4.69) is 46.2 Å². The van der Waals surface area contributed by atoms with Crippen LogP contribution in [-0.4, -0.2) is 11.5 Å². The highest BCUT2D eigenvalue weighted by Gasteiger charge is 1.92. The van der Waals surface area contributed by atoms with Crippen LogP contribution < -0.4 is 5.32 Å². The number of aromatic nitrogens is 1. The Hall–Kier alpha value is -0.830. The van der Waals surface area contributed by atoms with Gasteiger partial charge in [0.1, 0.15) is 0 Å². The van der Waals surface area contributed by atoms with E-state index in [0.29, 0.717) is 0 Å². The van der Waals surface area contributed by atoms with Gasteiger partial charge < -0.3 is 5.32 Å². The minimum Gasteiger partial charge on any atom is -0.383 e. The average molecular weight is 255 g/mol. The fourth-order valence-electron chi connectivity index (χ4n) is 1.09. The van der Waals surface area contributed by atoms with E-state index < -0.39 is 0 Å². The SMILES string of the molecule is CC(C)=CCCNc1cncc(Br)c1. The lowest BCUT2D eigenvalue weighted by Gasteiger charge is -2.04. The summed E-state index contributed by atoms with van der Waals surface area (Å²) >= 11 is 3.38. The van der Waals surface area contributed by atoms with E-state index in [9.17, 15) is 0 Å². The monoisotopic (exact) mass is 254 g/mol. The maximum atomic E-state index is 4.07. The summed E-state index contributed by atoms with van der Waals surface area (Å²) in [5.74, 6) is 0. The molecule has 1 rings (SSSR count). The standard InChI is InChI=1S/C11H15BrN2/c1-9(2)4-3-5-14-11-6-10(12)7-13-8-11/h4,6-8,14H,3,5H2,1-2H3. The number of rotatable bonds is 4. The van der Waals surface area contributed by atoms with Gasteiger partial charge in [0, 0.05) is 17.2 Å². The molecule has 0 spiro atoms. The minimum atomic E-state index is 0.948. The third-order valence-corrected chi connectivity index (χ3v) is 2.16. The molecule has 0 aliphatic heterocycles. The number of anilines is 1. The van der Waals surface area contributed by atoms with E-state index in [-0.39, 0.29) is 0 Å². The van der Waals surface area contributed by atoms with Gasteiger partial charge in [-0.15, -0.1) is 0 Å². The van der Waals surface area contributed by atoms with Crippen molar-refractivity contribution in [1.82, 2.24) is 4.98 Å². The zero-order valence-electron chi connectivity index (χ0n) is 8.55. The predicted octanol–water partition coefficient (Wildman–Crippen LogP) is 3.61. The van der Waals surface area contributed by atoms with Gasteiger partial charge in [-0.2, -0.15) is 0 Å². The molecule has 0 saturated heterocycles. The van der Waals surface area contributed by atoms with Crippen LogP contribution in [0.4, 0.5) is 5.69 Å². The molecule has 0 saturated carbocycles. The molecular weight excluding hydrogens is 240 g/mol. The van der Waals surface area contributed by atoms with Crippen molar-refractivity contribution >= 4 is 21.6 Å². The lowest BCUT2D eigenvalue weighted by atomic mass is 10.2. The molecule has 14 heavy (non-hydrogen) atoms. The van der Waals surface area contributed by atoms with Gasteiger partial charge in [0.2, 0.25) is 0 Å². The normalized spacial score (nSPS) is 9.64. The number of allylic oxidation sites excluding steroid dienone is 1. The molecule has 0 aromatic carbocycles. The van der Waals surface area contributed by atoms with Crippen LogP contribution in [0.5, 0.6) is 0 Å². The molecule has 1 aromatic heterocycles. The lowest BCUT2D eigenvalue weighted by Crippen LogP contribution is -2.00. The molecular formula is C11H15BrN2. The summed E-state index contributed by atoms with van der Waals surface area (Å²) in [5.41, 5.74) is 2.42. The quantitative estimate of drug-likeness (QED) is 0.656. The molecule has 0 atom stereocenters. The summed E-state index contributed by atoms with van der Waals surface area (Å²) in [4.78, 5) is 4.07. The minimum absolute atomic E-state index is 0.948. The Bertz CT molecular complexity index is 317. The van der Waals surface area contributed by atoms with Crippen LogP contribution in [-0.2, 0) is 0 Å². The number of hydrogen-bond acceptors (Lipinski definition) is 2. The summed E-state index contributed by atoms with van der Waals surface area (Å²) in [5, 5.41) is 3.30. The van der Waals surface area contributed by atoms with Gasteiger partial charge in [0.05, 0.1) is 11.9 Å². The van der Waals surface area contributed by atoms with E-state index in [1.165, 1.54) is 5.57 Å². The number of nitrogens with one attached hydrogen (secondary N) is 1. The van der Waals surface area contributed by atoms with Crippen molar-refractivity contribution in [3.8, 4) is 0 Å². The van der Waals surface area contributed by atoms with Crippen LogP contribution in [0, 0.1) is 0 Å². The smallest absolute Gasteiger partial charge is 0.0538 e. The van der Waals surface area contributed by atoms with E-state index in [4.69, 9.17) is 0 Å².